The molecule has 3 rings (SSSR count). The Hall–Kier alpha value is -1.42. The minimum atomic E-state index is -0.185. The van der Waals surface area contributed by atoms with Gasteiger partial charge in [-0.1, -0.05) is 12.1 Å². The fourth-order valence-corrected chi connectivity index (χ4v) is 3.84. The summed E-state index contributed by atoms with van der Waals surface area (Å²) in [6.45, 7) is 3.95. The van der Waals surface area contributed by atoms with Gasteiger partial charge in [0.15, 0.2) is 0 Å². The Kier molecular flexibility index (Phi) is 5.65. The van der Waals surface area contributed by atoms with Crippen LogP contribution in [-0.2, 0) is 11.2 Å². The second kappa shape index (κ2) is 7.91. The van der Waals surface area contributed by atoms with Crippen molar-refractivity contribution in [2.45, 2.75) is 38.5 Å². The lowest BCUT2D eigenvalue weighted by molar-refractivity contribution is -0.130. The van der Waals surface area contributed by atoms with Crippen LogP contribution in [0.2, 0.25) is 0 Å². The second-order valence-electron chi connectivity index (χ2n) is 7.06. The van der Waals surface area contributed by atoms with E-state index in [-0.39, 0.29) is 5.82 Å². The van der Waals surface area contributed by atoms with Gasteiger partial charge in [0.2, 0.25) is 5.91 Å². The third kappa shape index (κ3) is 4.77. The number of hydrogen-bond donors (Lipinski definition) is 1. The summed E-state index contributed by atoms with van der Waals surface area (Å²) in [5, 5.41) is 3.37. The van der Waals surface area contributed by atoms with Gasteiger partial charge in [0.1, 0.15) is 5.82 Å². The number of rotatable bonds is 5. The van der Waals surface area contributed by atoms with E-state index in [9.17, 15) is 9.18 Å². The molecule has 0 aliphatic carbocycles. The zero-order chi connectivity index (χ0) is 16.1. The van der Waals surface area contributed by atoms with Gasteiger partial charge in [-0.2, -0.15) is 0 Å². The maximum absolute atomic E-state index is 12.9. The van der Waals surface area contributed by atoms with E-state index in [4.69, 9.17) is 0 Å². The highest BCUT2D eigenvalue weighted by Crippen LogP contribution is 2.23. The molecule has 2 aliphatic rings. The lowest BCUT2D eigenvalue weighted by Crippen LogP contribution is -2.31. The maximum Gasteiger partial charge on any atom is 0.222 e. The number of likely N-dealkylation sites (tertiary alicyclic amines) is 1. The molecule has 3 nitrogen and oxygen atoms in total. The van der Waals surface area contributed by atoms with Gasteiger partial charge in [0, 0.05) is 19.5 Å². The molecule has 2 fully saturated rings. The van der Waals surface area contributed by atoms with Crippen molar-refractivity contribution in [3.63, 3.8) is 0 Å². The van der Waals surface area contributed by atoms with Crippen molar-refractivity contribution >= 4 is 5.91 Å². The second-order valence-corrected chi connectivity index (χ2v) is 7.06. The smallest absolute Gasteiger partial charge is 0.222 e. The molecule has 1 amide bonds. The minimum absolute atomic E-state index is 0.185. The monoisotopic (exact) mass is 318 g/mol. The van der Waals surface area contributed by atoms with Gasteiger partial charge in [-0.15, -0.1) is 0 Å². The normalized spacial score (nSPS) is 22.5. The van der Waals surface area contributed by atoms with Crippen LogP contribution in [0.15, 0.2) is 24.3 Å². The van der Waals surface area contributed by atoms with Crippen molar-refractivity contribution in [1.29, 1.82) is 0 Å². The molecule has 0 aromatic heterocycles. The Labute approximate surface area is 138 Å². The Morgan fingerprint density at radius 1 is 1.13 bits per heavy atom. The van der Waals surface area contributed by atoms with Crippen LogP contribution in [-0.4, -0.2) is 37.0 Å². The van der Waals surface area contributed by atoms with Gasteiger partial charge in [0.25, 0.3) is 0 Å². The summed E-state index contributed by atoms with van der Waals surface area (Å²) in [5.74, 6) is 1.38. The molecular formula is C19H27FN2O. The van der Waals surface area contributed by atoms with Crippen LogP contribution in [0, 0.1) is 17.7 Å². The van der Waals surface area contributed by atoms with E-state index in [1.807, 2.05) is 17.0 Å². The SMILES string of the molecule is O=C(CCC1CCNCC1)N1CC[C@H](Cc2ccc(F)cc2)C1. The number of benzene rings is 1. The van der Waals surface area contributed by atoms with Gasteiger partial charge in [-0.3, -0.25) is 4.79 Å². The van der Waals surface area contributed by atoms with Crippen molar-refractivity contribution in [3.05, 3.63) is 35.6 Å². The van der Waals surface area contributed by atoms with Crippen molar-refractivity contribution in [1.82, 2.24) is 10.2 Å². The third-order valence-electron chi connectivity index (χ3n) is 5.30. The van der Waals surface area contributed by atoms with Crippen LogP contribution in [0.3, 0.4) is 0 Å². The summed E-state index contributed by atoms with van der Waals surface area (Å²) in [6, 6.07) is 6.76. The Bertz CT molecular complexity index is 511. The lowest BCUT2D eigenvalue weighted by Gasteiger charge is -2.23. The molecule has 0 bridgehead atoms. The average molecular weight is 318 g/mol. The van der Waals surface area contributed by atoms with Gasteiger partial charge < -0.3 is 10.2 Å². The summed E-state index contributed by atoms with van der Waals surface area (Å²) in [7, 11) is 0. The number of piperidine rings is 1. The molecule has 126 valence electrons. The van der Waals surface area contributed by atoms with Crippen LogP contribution in [0.5, 0.6) is 0 Å². The first-order chi connectivity index (χ1) is 11.2. The zero-order valence-electron chi connectivity index (χ0n) is 13.8. The van der Waals surface area contributed by atoms with Crippen LogP contribution in [0.25, 0.3) is 0 Å². The van der Waals surface area contributed by atoms with Crippen molar-refractivity contribution in [2.24, 2.45) is 11.8 Å². The predicted octanol–water partition coefficient (Wildman–Crippen LogP) is 3.00. The first-order valence-electron chi connectivity index (χ1n) is 8.93. The fraction of sp³-hybridized carbons (Fsp3) is 0.632. The van der Waals surface area contributed by atoms with E-state index in [1.54, 1.807) is 0 Å². The minimum Gasteiger partial charge on any atom is -0.342 e. The number of carbonyl (C=O) groups excluding carboxylic acids is 1. The summed E-state index contributed by atoms with van der Waals surface area (Å²) in [6.07, 6.45) is 6.17. The number of carbonyl (C=O) groups is 1. The fourth-order valence-electron chi connectivity index (χ4n) is 3.84. The zero-order valence-corrected chi connectivity index (χ0v) is 13.8. The highest BCUT2D eigenvalue weighted by molar-refractivity contribution is 5.76. The molecule has 2 heterocycles. The largest absolute Gasteiger partial charge is 0.342 e. The van der Waals surface area contributed by atoms with E-state index in [0.717, 1.165) is 51.4 Å². The Morgan fingerprint density at radius 2 is 1.87 bits per heavy atom. The molecule has 2 aliphatic heterocycles. The molecular weight excluding hydrogens is 291 g/mol. The summed E-state index contributed by atoms with van der Waals surface area (Å²) >= 11 is 0. The predicted molar refractivity (Wildman–Crippen MR) is 89.6 cm³/mol. The first kappa shape index (κ1) is 16.4. The molecule has 23 heavy (non-hydrogen) atoms. The van der Waals surface area contributed by atoms with E-state index < -0.39 is 0 Å². The lowest BCUT2D eigenvalue weighted by atomic mass is 9.93. The van der Waals surface area contributed by atoms with E-state index in [0.29, 0.717) is 18.2 Å². The molecule has 2 saturated heterocycles. The number of hydrogen-bond acceptors (Lipinski definition) is 2. The topological polar surface area (TPSA) is 32.3 Å². The number of halogens is 1. The highest BCUT2D eigenvalue weighted by atomic mass is 19.1. The summed E-state index contributed by atoms with van der Waals surface area (Å²) in [4.78, 5) is 14.4. The number of amides is 1. The molecule has 1 aromatic carbocycles. The van der Waals surface area contributed by atoms with Crippen LogP contribution >= 0.6 is 0 Å². The highest BCUT2D eigenvalue weighted by Gasteiger charge is 2.26. The van der Waals surface area contributed by atoms with Crippen LogP contribution in [0.4, 0.5) is 4.39 Å². The quantitative estimate of drug-likeness (QED) is 0.905. The standard InChI is InChI=1S/C19H27FN2O/c20-18-4-1-16(2-5-18)13-17-9-12-22(14-17)19(23)6-3-15-7-10-21-11-8-15/h1-2,4-5,15,17,21H,3,6-14H2/t17-/m1/s1. The number of nitrogens with one attached hydrogen (secondary N) is 1. The van der Waals surface area contributed by atoms with Gasteiger partial charge in [-0.05, 0) is 74.7 Å². The molecule has 1 atom stereocenters. The summed E-state index contributed by atoms with van der Waals surface area (Å²) < 4.78 is 12.9. The summed E-state index contributed by atoms with van der Waals surface area (Å²) in [5.41, 5.74) is 1.17. The van der Waals surface area contributed by atoms with Gasteiger partial charge >= 0.3 is 0 Å². The van der Waals surface area contributed by atoms with Gasteiger partial charge in [0.05, 0.1) is 0 Å². The van der Waals surface area contributed by atoms with E-state index >= 15 is 0 Å². The van der Waals surface area contributed by atoms with Gasteiger partial charge in [-0.25, -0.2) is 4.39 Å². The van der Waals surface area contributed by atoms with Crippen LogP contribution in [0.1, 0.15) is 37.7 Å². The van der Waals surface area contributed by atoms with E-state index in [1.165, 1.54) is 30.5 Å². The van der Waals surface area contributed by atoms with E-state index in [2.05, 4.69) is 5.32 Å². The Morgan fingerprint density at radius 3 is 2.61 bits per heavy atom. The van der Waals surface area contributed by atoms with Crippen molar-refractivity contribution < 1.29 is 9.18 Å². The molecule has 1 aromatic rings. The Balaban J connectivity index is 1.41. The molecule has 4 heteroatoms. The molecule has 0 radical (unpaired) electrons. The third-order valence-corrected chi connectivity index (χ3v) is 5.30. The molecule has 0 saturated carbocycles. The molecule has 0 spiro atoms. The van der Waals surface area contributed by atoms with Crippen molar-refractivity contribution in [2.75, 3.05) is 26.2 Å². The first-order valence-corrected chi connectivity index (χ1v) is 8.93. The maximum atomic E-state index is 12.9. The van der Waals surface area contributed by atoms with Crippen LogP contribution < -0.4 is 5.32 Å². The number of nitrogens with zero attached hydrogens (tertiary/aromatic N) is 1. The molecule has 0 unspecified atom stereocenters. The molecule has 1 N–H and O–H groups in total. The average Bonchev–Trinajstić information content (AvgIpc) is 3.04. The van der Waals surface area contributed by atoms with Crippen molar-refractivity contribution in [3.8, 4) is 0 Å².